The van der Waals surface area contributed by atoms with Gasteiger partial charge in [-0.05, 0) is 29.1 Å². The van der Waals surface area contributed by atoms with Gasteiger partial charge in [-0.15, -0.1) is 10.2 Å². The quantitative estimate of drug-likeness (QED) is 0.592. The van der Waals surface area contributed by atoms with Gasteiger partial charge in [0.2, 0.25) is 17.7 Å². The van der Waals surface area contributed by atoms with Gasteiger partial charge in [-0.3, -0.25) is 9.69 Å². The maximum Gasteiger partial charge on any atom is 0.248 e. The molecule has 0 saturated carbocycles. The lowest BCUT2D eigenvalue weighted by atomic mass is 10.0. The number of benzene rings is 1. The summed E-state index contributed by atoms with van der Waals surface area (Å²) in [4.78, 5) is 14.7. The second kappa shape index (κ2) is 9.92. The number of aryl methyl sites for hydroxylation is 1. The fourth-order valence-corrected chi connectivity index (χ4v) is 4.04. The average Bonchev–Trinajstić information content (AvgIpc) is 3.46. The van der Waals surface area contributed by atoms with Crippen LogP contribution in [0, 0.1) is 5.82 Å². The topological polar surface area (TPSA) is 80.5 Å². The molecule has 3 heterocycles. The molecule has 1 N–H and O–H groups in total. The number of thiophene rings is 1. The van der Waals surface area contributed by atoms with Crippen LogP contribution in [0.25, 0.3) is 11.5 Å². The zero-order valence-electron chi connectivity index (χ0n) is 16.4. The molecule has 1 atom stereocenters. The Morgan fingerprint density at radius 1 is 1.20 bits per heavy atom. The number of carbonyl (C=O) groups excluding carboxylic acids is 1. The average molecular weight is 431 g/mol. The Balaban J connectivity index is 1.32. The molecule has 0 spiro atoms. The van der Waals surface area contributed by atoms with Crippen molar-refractivity contribution >= 4 is 17.2 Å². The number of hydrogen-bond donors (Lipinski definition) is 1. The van der Waals surface area contributed by atoms with Gasteiger partial charge in [0.15, 0.2) is 0 Å². The Labute approximate surface area is 177 Å². The highest BCUT2D eigenvalue weighted by Crippen LogP contribution is 2.22. The minimum Gasteiger partial charge on any atom is -0.421 e. The van der Waals surface area contributed by atoms with Crippen LogP contribution in [0.5, 0.6) is 0 Å². The molecule has 9 heteroatoms. The predicted molar refractivity (Wildman–Crippen MR) is 110 cm³/mol. The van der Waals surface area contributed by atoms with E-state index in [2.05, 4.69) is 20.4 Å². The van der Waals surface area contributed by atoms with Gasteiger partial charge in [0.25, 0.3) is 0 Å². The van der Waals surface area contributed by atoms with Crippen LogP contribution in [0.1, 0.15) is 23.9 Å². The van der Waals surface area contributed by atoms with Crippen molar-refractivity contribution in [2.75, 3.05) is 32.8 Å². The standard InChI is InChI=1S/C21H23FN4O3S/c22-17-3-1-15(2-4-17)18(26-8-10-28-11-9-26)13-23-19(27)5-6-20-24-25-21(29-20)16-7-12-30-14-16/h1-4,7,12,14,18H,5-6,8-11,13H2,(H,23,27). The number of rotatable bonds is 8. The molecule has 3 aromatic rings. The molecule has 1 aromatic carbocycles. The summed E-state index contributed by atoms with van der Waals surface area (Å²) in [5.41, 5.74) is 1.85. The van der Waals surface area contributed by atoms with Gasteiger partial charge < -0.3 is 14.5 Å². The Bertz CT molecular complexity index is 940. The van der Waals surface area contributed by atoms with Crippen molar-refractivity contribution in [2.45, 2.75) is 18.9 Å². The van der Waals surface area contributed by atoms with Crippen molar-refractivity contribution < 1.29 is 18.3 Å². The monoisotopic (exact) mass is 430 g/mol. The van der Waals surface area contributed by atoms with E-state index in [1.165, 1.54) is 12.1 Å². The number of ether oxygens (including phenoxy) is 1. The molecule has 0 bridgehead atoms. The molecule has 30 heavy (non-hydrogen) atoms. The first-order valence-corrected chi connectivity index (χ1v) is 10.8. The summed E-state index contributed by atoms with van der Waals surface area (Å²) >= 11 is 1.56. The van der Waals surface area contributed by atoms with Crippen LogP contribution in [0.3, 0.4) is 0 Å². The highest BCUT2D eigenvalue weighted by atomic mass is 32.1. The molecule has 0 radical (unpaired) electrons. The summed E-state index contributed by atoms with van der Waals surface area (Å²) < 4.78 is 24.4. The number of amides is 1. The summed E-state index contributed by atoms with van der Waals surface area (Å²) in [5, 5.41) is 14.9. The smallest absolute Gasteiger partial charge is 0.248 e. The van der Waals surface area contributed by atoms with E-state index in [1.54, 1.807) is 23.5 Å². The van der Waals surface area contributed by atoms with Gasteiger partial charge in [-0.2, -0.15) is 11.3 Å². The van der Waals surface area contributed by atoms with Crippen LogP contribution in [-0.4, -0.2) is 53.9 Å². The predicted octanol–water partition coefficient (Wildman–Crippen LogP) is 3.06. The molecule has 1 amide bonds. The van der Waals surface area contributed by atoms with E-state index in [4.69, 9.17) is 9.15 Å². The summed E-state index contributed by atoms with van der Waals surface area (Å²) in [6.07, 6.45) is 0.631. The Morgan fingerprint density at radius 2 is 2.00 bits per heavy atom. The van der Waals surface area contributed by atoms with Crippen molar-refractivity contribution in [3.8, 4) is 11.5 Å². The number of morpholine rings is 1. The minimum atomic E-state index is -0.273. The molecule has 4 rings (SSSR count). The maximum atomic E-state index is 13.3. The first-order chi connectivity index (χ1) is 14.7. The van der Waals surface area contributed by atoms with Gasteiger partial charge in [0, 0.05) is 43.4 Å². The van der Waals surface area contributed by atoms with Crippen LogP contribution in [0.4, 0.5) is 4.39 Å². The van der Waals surface area contributed by atoms with E-state index >= 15 is 0 Å². The Hall–Kier alpha value is -2.62. The molecule has 1 aliphatic heterocycles. The van der Waals surface area contributed by atoms with E-state index in [1.807, 2.05) is 16.8 Å². The Morgan fingerprint density at radius 3 is 2.73 bits per heavy atom. The lowest BCUT2D eigenvalue weighted by Crippen LogP contribution is -2.43. The maximum absolute atomic E-state index is 13.3. The van der Waals surface area contributed by atoms with Gasteiger partial charge in [-0.1, -0.05) is 12.1 Å². The summed E-state index contributed by atoms with van der Waals surface area (Å²) in [6.45, 7) is 3.27. The number of carbonyl (C=O) groups is 1. The van der Waals surface area contributed by atoms with Crippen molar-refractivity contribution in [3.05, 3.63) is 58.4 Å². The fourth-order valence-electron chi connectivity index (χ4n) is 3.41. The minimum absolute atomic E-state index is 0.0351. The molecule has 2 aromatic heterocycles. The van der Waals surface area contributed by atoms with Crippen LogP contribution >= 0.6 is 11.3 Å². The SMILES string of the molecule is O=C(CCc1nnc(-c2ccsc2)o1)NCC(c1ccc(F)cc1)N1CCOCC1. The van der Waals surface area contributed by atoms with Crippen LogP contribution in [0.2, 0.25) is 0 Å². The lowest BCUT2D eigenvalue weighted by molar-refractivity contribution is -0.121. The summed E-state index contributed by atoms with van der Waals surface area (Å²) in [7, 11) is 0. The van der Waals surface area contributed by atoms with Gasteiger partial charge in [-0.25, -0.2) is 4.39 Å². The second-order valence-electron chi connectivity index (χ2n) is 7.03. The van der Waals surface area contributed by atoms with Crippen molar-refractivity contribution in [3.63, 3.8) is 0 Å². The molecule has 158 valence electrons. The normalized spacial score (nSPS) is 15.8. The molecular formula is C21H23FN4O3S. The third-order valence-electron chi connectivity index (χ3n) is 5.03. The third kappa shape index (κ3) is 5.29. The van der Waals surface area contributed by atoms with Crippen LogP contribution in [0.15, 0.2) is 45.5 Å². The molecule has 1 fully saturated rings. The first-order valence-electron chi connectivity index (χ1n) is 9.88. The van der Waals surface area contributed by atoms with Gasteiger partial charge >= 0.3 is 0 Å². The highest BCUT2D eigenvalue weighted by Gasteiger charge is 2.23. The molecule has 0 aliphatic carbocycles. The number of nitrogens with one attached hydrogen (secondary N) is 1. The van der Waals surface area contributed by atoms with E-state index < -0.39 is 0 Å². The molecular weight excluding hydrogens is 407 g/mol. The Kier molecular flexibility index (Phi) is 6.83. The van der Waals surface area contributed by atoms with Gasteiger partial charge in [0.05, 0.1) is 19.3 Å². The van der Waals surface area contributed by atoms with Crippen molar-refractivity contribution in [1.82, 2.24) is 20.4 Å². The van der Waals surface area contributed by atoms with Crippen molar-refractivity contribution in [2.24, 2.45) is 0 Å². The van der Waals surface area contributed by atoms with Gasteiger partial charge in [0.1, 0.15) is 5.82 Å². The third-order valence-corrected chi connectivity index (χ3v) is 5.72. The lowest BCUT2D eigenvalue weighted by Gasteiger charge is -2.35. The number of nitrogens with zero attached hydrogens (tertiary/aromatic N) is 3. The highest BCUT2D eigenvalue weighted by molar-refractivity contribution is 7.08. The molecule has 1 aliphatic rings. The van der Waals surface area contributed by atoms with Crippen LogP contribution in [-0.2, 0) is 16.0 Å². The van der Waals surface area contributed by atoms with E-state index in [9.17, 15) is 9.18 Å². The molecule has 1 saturated heterocycles. The number of halogens is 1. The fraction of sp³-hybridized carbons (Fsp3) is 0.381. The number of aromatic nitrogens is 2. The van der Waals surface area contributed by atoms with E-state index in [0.29, 0.717) is 38.0 Å². The van der Waals surface area contributed by atoms with E-state index in [0.717, 1.165) is 24.2 Å². The number of hydrogen-bond acceptors (Lipinski definition) is 7. The first kappa shape index (κ1) is 20.6. The second-order valence-corrected chi connectivity index (χ2v) is 7.81. The summed E-state index contributed by atoms with van der Waals surface area (Å²) in [5.74, 6) is 0.542. The summed E-state index contributed by atoms with van der Waals surface area (Å²) in [6, 6.07) is 8.32. The van der Waals surface area contributed by atoms with E-state index in [-0.39, 0.29) is 24.2 Å². The largest absolute Gasteiger partial charge is 0.421 e. The zero-order valence-corrected chi connectivity index (χ0v) is 17.2. The molecule has 1 unspecified atom stereocenters. The van der Waals surface area contributed by atoms with Crippen LogP contribution < -0.4 is 5.32 Å². The zero-order chi connectivity index (χ0) is 20.8. The van der Waals surface area contributed by atoms with Crippen molar-refractivity contribution in [1.29, 1.82) is 0 Å². The molecule has 7 nitrogen and oxygen atoms in total.